The maximum Gasteiger partial charge on any atom is 0.164 e. The number of aliphatic hydroxyl groups is 1. The predicted molar refractivity (Wildman–Crippen MR) is 73.5 cm³/mol. The first-order chi connectivity index (χ1) is 9.49. The van der Waals surface area contributed by atoms with E-state index in [9.17, 15) is 9.50 Å². The van der Waals surface area contributed by atoms with Gasteiger partial charge in [0.2, 0.25) is 0 Å². The van der Waals surface area contributed by atoms with Crippen molar-refractivity contribution in [3.8, 4) is 11.5 Å². The monoisotopic (exact) mass is 284 g/mol. The molecular formula is C14H21FN2O3. The highest BCUT2D eigenvalue weighted by Gasteiger charge is 2.24. The lowest BCUT2D eigenvalue weighted by molar-refractivity contribution is 0.130. The zero-order chi connectivity index (χ0) is 14.7. The van der Waals surface area contributed by atoms with E-state index >= 15 is 0 Å². The number of halogens is 1. The first-order valence-corrected chi connectivity index (χ1v) is 6.66. The molecule has 0 amide bonds. The lowest BCUT2D eigenvalue weighted by atomic mass is 9.99. The van der Waals surface area contributed by atoms with Gasteiger partial charge in [0.25, 0.3) is 0 Å². The zero-order valence-corrected chi connectivity index (χ0v) is 11.8. The Labute approximate surface area is 118 Å². The van der Waals surface area contributed by atoms with Gasteiger partial charge in [-0.25, -0.2) is 4.39 Å². The number of aliphatic hydroxyl groups excluding tert-OH is 1. The second-order valence-electron chi connectivity index (χ2n) is 5.22. The Balaban J connectivity index is 2.14. The average molecular weight is 284 g/mol. The first-order valence-electron chi connectivity index (χ1n) is 6.66. The van der Waals surface area contributed by atoms with E-state index in [0.29, 0.717) is 31.1 Å². The SMILES string of the molecule is CN(C)CCC(N)C(O)c1cc2c(cc1F)OCCO2. The fraction of sp³-hybridized carbons (Fsp3) is 0.571. The van der Waals surface area contributed by atoms with Gasteiger partial charge in [-0.05, 0) is 33.1 Å². The van der Waals surface area contributed by atoms with Crippen LogP contribution in [0.4, 0.5) is 4.39 Å². The third-order valence-corrected chi connectivity index (χ3v) is 3.30. The van der Waals surface area contributed by atoms with Gasteiger partial charge in [0, 0.05) is 17.7 Å². The molecule has 2 unspecified atom stereocenters. The van der Waals surface area contributed by atoms with E-state index in [1.54, 1.807) is 0 Å². The molecule has 2 rings (SSSR count). The van der Waals surface area contributed by atoms with Gasteiger partial charge in [0.05, 0.1) is 6.10 Å². The highest BCUT2D eigenvalue weighted by molar-refractivity contribution is 5.45. The third-order valence-electron chi connectivity index (χ3n) is 3.30. The lowest BCUT2D eigenvalue weighted by Crippen LogP contribution is -2.32. The minimum atomic E-state index is -1.06. The molecule has 2 atom stereocenters. The highest BCUT2D eigenvalue weighted by atomic mass is 19.1. The van der Waals surface area contributed by atoms with Crippen LogP contribution < -0.4 is 15.2 Å². The van der Waals surface area contributed by atoms with E-state index in [1.807, 2.05) is 19.0 Å². The standard InChI is InChI=1S/C14H21FN2O3/c1-17(2)4-3-11(16)14(18)9-7-12-13(8-10(9)15)20-6-5-19-12/h7-8,11,14,18H,3-6,16H2,1-2H3. The van der Waals surface area contributed by atoms with Gasteiger partial charge in [-0.1, -0.05) is 0 Å². The molecule has 0 bridgehead atoms. The molecule has 0 aromatic heterocycles. The Morgan fingerprint density at radius 1 is 1.30 bits per heavy atom. The summed E-state index contributed by atoms with van der Waals surface area (Å²) in [6.07, 6.45) is -0.493. The number of nitrogens with zero attached hydrogens (tertiary/aromatic N) is 1. The van der Waals surface area contributed by atoms with Gasteiger partial charge < -0.3 is 25.2 Å². The van der Waals surface area contributed by atoms with Crippen LogP contribution in [0.15, 0.2) is 12.1 Å². The van der Waals surface area contributed by atoms with Gasteiger partial charge >= 0.3 is 0 Å². The lowest BCUT2D eigenvalue weighted by Gasteiger charge is -2.24. The number of benzene rings is 1. The Morgan fingerprint density at radius 2 is 1.90 bits per heavy atom. The molecule has 1 aliphatic heterocycles. The van der Waals surface area contributed by atoms with E-state index in [-0.39, 0.29) is 5.56 Å². The molecule has 1 aliphatic rings. The molecule has 3 N–H and O–H groups in total. The number of rotatable bonds is 5. The molecule has 112 valence electrons. The second kappa shape index (κ2) is 6.39. The van der Waals surface area contributed by atoms with Crippen LogP contribution >= 0.6 is 0 Å². The molecule has 0 saturated carbocycles. The summed E-state index contributed by atoms with van der Waals surface area (Å²) >= 11 is 0. The third kappa shape index (κ3) is 3.39. The normalized spacial score (nSPS) is 17.1. The van der Waals surface area contributed by atoms with Crippen LogP contribution in [0.1, 0.15) is 18.1 Å². The quantitative estimate of drug-likeness (QED) is 0.841. The van der Waals surface area contributed by atoms with Crippen LogP contribution in [0.2, 0.25) is 0 Å². The van der Waals surface area contributed by atoms with Crippen molar-refractivity contribution in [1.29, 1.82) is 0 Å². The van der Waals surface area contributed by atoms with Crippen LogP contribution in [0.5, 0.6) is 11.5 Å². The van der Waals surface area contributed by atoms with E-state index in [4.69, 9.17) is 15.2 Å². The molecule has 1 heterocycles. The summed E-state index contributed by atoms with van der Waals surface area (Å²) in [6, 6.07) is 2.19. The van der Waals surface area contributed by atoms with Crippen LogP contribution in [0, 0.1) is 5.82 Å². The summed E-state index contributed by atoms with van der Waals surface area (Å²) in [6.45, 7) is 1.54. The average Bonchev–Trinajstić information content (AvgIpc) is 2.43. The van der Waals surface area contributed by atoms with Gasteiger partial charge in [-0.15, -0.1) is 0 Å². The molecule has 0 saturated heterocycles. The predicted octanol–water partition coefficient (Wildman–Crippen LogP) is 0.909. The summed E-state index contributed by atoms with van der Waals surface area (Å²) in [5.41, 5.74) is 6.08. The molecule has 0 aliphatic carbocycles. The van der Waals surface area contributed by atoms with Crippen molar-refractivity contribution in [3.05, 3.63) is 23.5 Å². The number of ether oxygens (including phenoxy) is 2. The first kappa shape index (κ1) is 15.0. The minimum Gasteiger partial charge on any atom is -0.486 e. The maximum atomic E-state index is 14.0. The van der Waals surface area contributed by atoms with E-state index in [0.717, 1.165) is 6.54 Å². The Kier molecular flexibility index (Phi) is 4.80. The van der Waals surface area contributed by atoms with E-state index in [1.165, 1.54) is 12.1 Å². The van der Waals surface area contributed by atoms with Crippen molar-refractivity contribution >= 4 is 0 Å². The number of nitrogens with two attached hydrogens (primary N) is 1. The molecule has 6 heteroatoms. The summed E-state index contributed by atoms with van der Waals surface area (Å²) in [4.78, 5) is 1.97. The number of hydrogen-bond donors (Lipinski definition) is 2. The number of fused-ring (bicyclic) bond motifs is 1. The van der Waals surface area contributed by atoms with Crippen molar-refractivity contribution < 1.29 is 19.0 Å². The summed E-state index contributed by atoms with van der Waals surface area (Å²) in [5.74, 6) is 0.292. The maximum absolute atomic E-state index is 14.0. The van der Waals surface area contributed by atoms with Crippen LogP contribution in [0.25, 0.3) is 0 Å². The zero-order valence-electron chi connectivity index (χ0n) is 11.8. The molecule has 1 aromatic carbocycles. The second-order valence-corrected chi connectivity index (χ2v) is 5.22. The largest absolute Gasteiger partial charge is 0.486 e. The molecule has 0 spiro atoms. The Bertz CT molecular complexity index is 468. The van der Waals surface area contributed by atoms with Gasteiger partial charge in [0.15, 0.2) is 11.5 Å². The van der Waals surface area contributed by atoms with Crippen molar-refractivity contribution in [2.24, 2.45) is 5.73 Å². The summed E-state index contributed by atoms with van der Waals surface area (Å²) in [7, 11) is 3.84. The topological polar surface area (TPSA) is 68.0 Å². The Morgan fingerprint density at radius 3 is 2.50 bits per heavy atom. The summed E-state index contributed by atoms with van der Waals surface area (Å²) < 4.78 is 24.7. The summed E-state index contributed by atoms with van der Waals surface area (Å²) in [5, 5.41) is 10.2. The fourth-order valence-electron chi connectivity index (χ4n) is 2.10. The van der Waals surface area contributed by atoms with Crippen LogP contribution in [-0.4, -0.2) is 49.9 Å². The van der Waals surface area contributed by atoms with Gasteiger partial charge in [-0.2, -0.15) is 0 Å². The highest BCUT2D eigenvalue weighted by Crippen LogP contribution is 2.35. The van der Waals surface area contributed by atoms with Crippen molar-refractivity contribution in [3.63, 3.8) is 0 Å². The van der Waals surface area contributed by atoms with E-state index < -0.39 is 18.0 Å². The van der Waals surface area contributed by atoms with Crippen molar-refractivity contribution in [2.45, 2.75) is 18.6 Å². The van der Waals surface area contributed by atoms with Crippen LogP contribution in [-0.2, 0) is 0 Å². The molecular weight excluding hydrogens is 263 g/mol. The molecule has 20 heavy (non-hydrogen) atoms. The fourth-order valence-corrected chi connectivity index (χ4v) is 2.10. The smallest absolute Gasteiger partial charge is 0.164 e. The van der Waals surface area contributed by atoms with Crippen molar-refractivity contribution in [1.82, 2.24) is 4.90 Å². The molecule has 1 aromatic rings. The van der Waals surface area contributed by atoms with Crippen LogP contribution in [0.3, 0.4) is 0 Å². The minimum absolute atomic E-state index is 0.153. The molecule has 0 fully saturated rings. The van der Waals surface area contributed by atoms with Gasteiger partial charge in [0.1, 0.15) is 19.0 Å². The van der Waals surface area contributed by atoms with Gasteiger partial charge in [-0.3, -0.25) is 0 Å². The molecule has 0 radical (unpaired) electrons. The van der Waals surface area contributed by atoms with Crippen molar-refractivity contribution in [2.75, 3.05) is 33.9 Å². The van der Waals surface area contributed by atoms with E-state index in [2.05, 4.69) is 0 Å². The molecule has 5 nitrogen and oxygen atoms in total. The number of hydrogen-bond acceptors (Lipinski definition) is 5. The Hall–Kier alpha value is -1.37.